The maximum absolute atomic E-state index is 14.4. The van der Waals surface area contributed by atoms with Crippen LogP contribution in [0.4, 0.5) is 10.1 Å². The Bertz CT molecular complexity index is 1680. The van der Waals surface area contributed by atoms with Crippen molar-refractivity contribution >= 4 is 17.2 Å². The van der Waals surface area contributed by atoms with Crippen molar-refractivity contribution in [2.75, 3.05) is 11.4 Å². The molecule has 7 fully saturated rings. The molecule has 3 heterocycles. The molecule has 0 N–H and O–H groups in total. The summed E-state index contributed by atoms with van der Waals surface area (Å²) in [6.45, 7) is 0.685. The number of halogens is 1. The number of carbonyl (C=O) groups excluding carboxylic acids is 1. The molecule has 8 nitrogen and oxygen atoms in total. The lowest BCUT2D eigenvalue weighted by atomic mass is 9.41. The van der Waals surface area contributed by atoms with Crippen molar-refractivity contribution in [2.45, 2.75) is 94.1 Å². The van der Waals surface area contributed by atoms with Gasteiger partial charge in [-0.15, -0.1) is 0 Å². The summed E-state index contributed by atoms with van der Waals surface area (Å²) in [5.74, 6) is 2.34. The second kappa shape index (κ2) is 8.48. The second-order valence-corrected chi connectivity index (χ2v) is 14.3. The molecule has 216 valence electrons. The lowest BCUT2D eigenvalue weighted by Crippen LogP contribution is -2.65. The normalized spacial score (nSPS) is 32.9. The van der Waals surface area contributed by atoms with Crippen molar-refractivity contribution in [3.05, 3.63) is 60.5 Å². The smallest absolute Gasteiger partial charge is 0.232 e. The summed E-state index contributed by atoms with van der Waals surface area (Å²) in [6.07, 6.45) is 14.1. The van der Waals surface area contributed by atoms with Crippen LogP contribution in [0.2, 0.25) is 0 Å². The van der Waals surface area contributed by atoms with Crippen LogP contribution in [-0.2, 0) is 10.2 Å². The molecule has 4 aromatic rings. The molecule has 0 unspecified atom stereocenters. The number of aromatic nitrogens is 5. The summed E-state index contributed by atoms with van der Waals surface area (Å²) in [5, 5.41) is 8.82. The summed E-state index contributed by atoms with van der Waals surface area (Å²) < 4.78 is 22.1. The largest absolute Gasteiger partial charge is 0.339 e. The van der Waals surface area contributed by atoms with E-state index in [-0.39, 0.29) is 22.2 Å². The number of amides is 1. The van der Waals surface area contributed by atoms with Gasteiger partial charge in [0.05, 0.1) is 11.9 Å². The predicted octanol–water partition coefficient (Wildman–Crippen LogP) is 6.56. The first-order chi connectivity index (χ1) is 20.3. The van der Waals surface area contributed by atoms with Crippen molar-refractivity contribution in [1.29, 1.82) is 0 Å². The second-order valence-electron chi connectivity index (χ2n) is 14.3. The van der Waals surface area contributed by atoms with Crippen molar-refractivity contribution in [3.8, 4) is 11.3 Å². The minimum absolute atomic E-state index is 0.0199. The number of hydrogen-bond acceptors (Lipinski definition) is 6. The van der Waals surface area contributed by atoms with Crippen LogP contribution < -0.4 is 4.90 Å². The average Bonchev–Trinajstić information content (AvgIpc) is 3.54. The third kappa shape index (κ3) is 3.81. The van der Waals surface area contributed by atoms with E-state index in [9.17, 15) is 9.18 Å². The molecule has 9 heteroatoms. The molecule has 3 aromatic heterocycles. The van der Waals surface area contributed by atoms with E-state index in [4.69, 9.17) is 9.51 Å². The van der Waals surface area contributed by atoms with Crippen molar-refractivity contribution in [2.24, 2.45) is 10.8 Å². The number of fused-ring (bicyclic) bond motifs is 4. The molecule has 1 aromatic carbocycles. The fraction of sp³-hybridized carbons (Fsp3) is 0.545. The SMILES string of the molecule is O=C(CC12CC(F)(C1)C2)N(CC12CCC(c3nc(C4CC4)no3)(CC1)CC2)c1cccc(-c2cnc3cccnn23)c1. The summed E-state index contributed by atoms with van der Waals surface area (Å²) in [7, 11) is 0. The molecule has 7 aliphatic carbocycles. The average molecular weight is 567 g/mol. The van der Waals surface area contributed by atoms with Gasteiger partial charge in [-0.25, -0.2) is 13.9 Å². The Hall–Kier alpha value is -3.62. The van der Waals surface area contributed by atoms with E-state index in [0.717, 1.165) is 72.8 Å². The Morgan fingerprint density at radius 1 is 1.02 bits per heavy atom. The van der Waals surface area contributed by atoms with E-state index in [2.05, 4.69) is 21.3 Å². The van der Waals surface area contributed by atoms with E-state index in [1.165, 1.54) is 12.8 Å². The Morgan fingerprint density at radius 3 is 2.55 bits per heavy atom. The number of anilines is 1. The van der Waals surface area contributed by atoms with Crippen LogP contribution in [0.5, 0.6) is 0 Å². The van der Waals surface area contributed by atoms with E-state index in [1.807, 2.05) is 45.9 Å². The van der Waals surface area contributed by atoms with Crippen LogP contribution in [-0.4, -0.2) is 42.9 Å². The van der Waals surface area contributed by atoms with Gasteiger partial charge in [0.25, 0.3) is 0 Å². The van der Waals surface area contributed by atoms with Gasteiger partial charge >= 0.3 is 0 Å². The number of benzene rings is 1. The van der Waals surface area contributed by atoms with Gasteiger partial charge in [-0.3, -0.25) is 4.79 Å². The van der Waals surface area contributed by atoms with Crippen LogP contribution in [0.1, 0.15) is 94.7 Å². The highest BCUT2D eigenvalue weighted by Gasteiger charge is 2.69. The summed E-state index contributed by atoms with van der Waals surface area (Å²) in [5.41, 5.74) is 2.42. The van der Waals surface area contributed by atoms with Gasteiger partial charge in [0.1, 0.15) is 5.67 Å². The third-order valence-corrected chi connectivity index (χ3v) is 11.4. The van der Waals surface area contributed by atoms with Gasteiger partial charge in [0, 0.05) is 41.7 Å². The number of imidazole rings is 1. The van der Waals surface area contributed by atoms with Crippen LogP contribution in [0.15, 0.2) is 53.3 Å². The molecular weight excluding hydrogens is 531 g/mol. The first-order valence-electron chi connectivity index (χ1n) is 15.6. The molecule has 0 atom stereocenters. The molecule has 4 bridgehead atoms. The first-order valence-corrected chi connectivity index (χ1v) is 15.6. The monoisotopic (exact) mass is 566 g/mol. The van der Waals surface area contributed by atoms with Crippen molar-refractivity contribution in [1.82, 2.24) is 24.7 Å². The zero-order chi connectivity index (χ0) is 28.2. The number of nitrogens with zero attached hydrogens (tertiary/aromatic N) is 6. The lowest BCUT2D eigenvalue weighted by Gasteiger charge is -2.66. The zero-order valence-electron chi connectivity index (χ0n) is 23.8. The van der Waals surface area contributed by atoms with Crippen LogP contribution in [0.3, 0.4) is 0 Å². The first kappa shape index (κ1) is 24.9. The van der Waals surface area contributed by atoms with Crippen LogP contribution in [0.25, 0.3) is 16.9 Å². The Kier molecular flexibility index (Phi) is 5.03. The number of rotatable bonds is 8. The van der Waals surface area contributed by atoms with Gasteiger partial charge < -0.3 is 9.42 Å². The van der Waals surface area contributed by atoms with E-state index in [0.29, 0.717) is 38.1 Å². The van der Waals surface area contributed by atoms with Gasteiger partial charge in [-0.05, 0) is 106 Å². The number of hydrogen-bond donors (Lipinski definition) is 0. The minimum Gasteiger partial charge on any atom is -0.339 e. The molecule has 0 radical (unpaired) electrons. The summed E-state index contributed by atoms with van der Waals surface area (Å²) in [6, 6.07) is 12.0. The molecule has 0 spiro atoms. The van der Waals surface area contributed by atoms with Gasteiger partial charge in [-0.2, -0.15) is 10.1 Å². The molecule has 0 aliphatic heterocycles. The van der Waals surface area contributed by atoms with Crippen LogP contribution >= 0.6 is 0 Å². The van der Waals surface area contributed by atoms with Gasteiger partial charge in [0.15, 0.2) is 11.5 Å². The molecule has 0 saturated heterocycles. The predicted molar refractivity (Wildman–Crippen MR) is 154 cm³/mol. The summed E-state index contributed by atoms with van der Waals surface area (Å²) >= 11 is 0. The van der Waals surface area contributed by atoms with Gasteiger partial charge in [-0.1, -0.05) is 17.3 Å². The fourth-order valence-corrected chi connectivity index (χ4v) is 8.76. The summed E-state index contributed by atoms with van der Waals surface area (Å²) in [4.78, 5) is 25.5. The highest BCUT2D eigenvalue weighted by Crippen LogP contribution is 2.71. The molecular formula is C33H35FN6O2. The molecule has 42 heavy (non-hydrogen) atoms. The lowest BCUT2D eigenvalue weighted by molar-refractivity contribution is -0.215. The van der Waals surface area contributed by atoms with Crippen molar-refractivity contribution in [3.63, 3.8) is 0 Å². The maximum Gasteiger partial charge on any atom is 0.232 e. The fourth-order valence-electron chi connectivity index (χ4n) is 8.76. The standard InChI is InChI=1S/C33H35FN6O2/c34-33-18-31(19-33,20-33)16-27(41)39(24-4-1-3-23(15-24)25-17-35-26-5-2-14-36-40(25)26)21-30-8-11-32(12-9-30,13-10-30)29-37-28(38-42-29)22-6-7-22/h1-5,14-15,17,22H,6-13,16,18-21H2. The molecule has 11 rings (SSSR count). The van der Waals surface area contributed by atoms with E-state index < -0.39 is 5.67 Å². The highest BCUT2D eigenvalue weighted by atomic mass is 19.1. The topological polar surface area (TPSA) is 89.4 Å². The van der Waals surface area contributed by atoms with Gasteiger partial charge in [0.2, 0.25) is 11.8 Å². The van der Waals surface area contributed by atoms with E-state index in [1.54, 1.807) is 6.20 Å². The quantitative estimate of drug-likeness (QED) is 0.240. The Morgan fingerprint density at radius 2 is 1.81 bits per heavy atom. The molecule has 7 aliphatic rings. The Balaban J connectivity index is 1.01. The number of carbonyl (C=O) groups is 1. The van der Waals surface area contributed by atoms with Crippen LogP contribution in [0, 0.1) is 10.8 Å². The highest BCUT2D eigenvalue weighted by molar-refractivity contribution is 5.95. The zero-order valence-corrected chi connectivity index (χ0v) is 23.8. The Labute approximate surface area is 243 Å². The van der Waals surface area contributed by atoms with Crippen molar-refractivity contribution < 1.29 is 13.7 Å². The number of alkyl halides is 1. The van der Waals surface area contributed by atoms with E-state index >= 15 is 0 Å². The minimum atomic E-state index is -1.01. The maximum atomic E-state index is 14.4. The molecule has 1 amide bonds. The molecule has 7 saturated carbocycles. The third-order valence-electron chi connectivity index (χ3n) is 11.4.